The van der Waals surface area contributed by atoms with Gasteiger partial charge < -0.3 is 14.4 Å². The van der Waals surface area contributed by atoms with E-state index < -0.39 is 0 Å². The summed E-state index contributed by atoms with van der Waals surface area (Å²) in [4.78, 5) is 1.45. The zero-order chi connectivity index (χ0) is 20.5. The summed E-state index contributed by atoms with van der Waals surface area (Å²) < 4.78 is 16.7. The summed E-state index contributed by atoms with van der Waals surface area (Å²) in [5.41, 5.74) is 2.87. The molecule has 5 rings (SSSR count). The smallest absolute Gasteiger partial charge is 0.203 e. The van der Waals surface area contributed by atoms with Crippen molar-refractivity contribution in [3.63, 3.8) is 0 Å². The topological polar surface area (TPSA) is 45.6 Å². The van der Waals surface area contributed by atoms with Crippen LogP contribution in [-0.4, -0.2) is 27.5 Å². The molecule has 7 heteroatoms. The van der Waals surface area contributed by atoms with Gasteiger partial charge in [0.15, 0.2) is 30.1 Å². The van der Waals surface area contributed by atoms with Crippen LogP contribution in [0.25, 0.3) is 0 Å². The minimum Gasteiger partial charge on any atom is -0.485 e. The average Bonchev–Trinajstić information content (AvgIpc) is 3.09. The van der Waals surface area contributed by atoms with Gasteiger partial charge in [0.2, 0.25) is 4.77 Å². The number of hydrogen-bond acceptors (Lipinski definition) is 4. The Morgan fingerprint density at radius 1 is 1.13 bits per heavy atom. The number of benzene rings is 2. The van der Waals surface area contributed by atoms with Gasteiger partial charge in [-0.05, 0) is 29.9 Å². The summed E-state index contributed by atoms with van der Waals surface area (Å²) in [5, 5.41) is 4.88. The van der Waals surface area contributed by atoms with Gasteiger partial charge in [-0.25, -0.2) is 0 Å². The van der Waals surface area contributed by atoms with E-state index in [0.29, 0.717) is 17.9 Å². The molecule has 154 valence electrons. The second-order valence-electron chi connectivity index (χ2n) is 7.76. The first-order valence-electron chi connectivity index (χ1n) is 10.3. The van der Waals surface area contributed by atoms with E-state index in [1.807, 2.05) is 39.6 Å². The van der Waals surface area contributed by atoms with Crippen LogP contribution in [0.5, 0.6) is 11.5 Å². The van der Waals surface area contributed by atoms with Crippen LogP contribution in [0.4, 0.5) is 0 Å². The highest BCUT2D eigenvalue weighted by Crippen LogP contribution is 2.35. The van der Waals surface area contributed by atoms with E-state index in [-0.39, 0.29) is 6.10 Å². The minimum absolute atomic E-state index is 0.306. The molecule has 0 amide bonds. The number of quaternary nitrogens is 1. The van der Waals surface area contributed by atoms with E-state index in [9.17, 15) is 0 Å². The number of nitrogens with one attached hydrogen (secondary N) is 1. The Kier molecular flexibility index (Phi) is 5.14. The number of ether oxygens (including phenoxy) is 2. The first-order valence-corrected chi connectivity index (χ1v) is 10.7. The maximum absolute atomic E-state index is 6.20. The van der Waals surface area contributed by atoms with Crippen molar-refractivity contribution in [2.24, 2.45) is 0 Å². The van der Waals surface area contributed by atoms with E-state index >= 15 is 0 Å². The molecular weight excluding hydrogens is 396 g/mol. The predicted octanol–water partition coefficient (Wildman–Crippen LogP) is 2.71. The van der Waals surface area contributed by atoms with Gasteiger partial charge in [0.1, 0.15) is 13.2 Å². The van der Waals surface area contributed by atoms with Crippen molar-refractivity contribution in [2.45, 2.75) is 32.3 Å². The number of para-hydroxylation sites is 2. The van der Waals surface area contributed by atoms with Crippen LogP contribution in [0.3, 0.4) is 0 Å². The molecule has 30 heavy (non-hydrogen) atoms. The Morgan fingerprint density at radius 3 is 2.73 bits per heavy atom. The van der Waals surface area contributed by atoms with Gasteiger partial charge in [-0.1, -0.05) is 42.5 Å². The number of hydrogen-bond donors (Lipinski definition) is 1. The van der Waals surface area contributed by atoms with Gasteiger partial charge in [0, 0.05) is 18.5 Å². The highest BCUT2D eigenvalue weighted by Gasteiger charge is 2.29. The molecular formula is C23H25N4O2S+. The third-order valence-corrected chi connectivity index (χ3v) is 6.17. The van der Waals surface area contributed by atoms with Gasteiger partial charge in [-0.3, -0.25) is 4.57 Å². The zero-order valence-electron chi connectivity index (χ0n) is 16.8. The highest BCUT2D eigenvalue weighted by molar-refractivity contribution is 7.71. The van der Waals surface area contributed by atoms with Crippen LogP contribution in [-0.2, 0) is 26.2 Å². The summed E-state index contributed by atoms with van der Waals surface area (Å²) >= 11 is 5.78. The average molecular weight is 422 g/mol. The molecule has 2 aromatic carbocycles. The maximum atomic E-state index is 6.20. The van der Waals surface area contributed by atoms with Gasteiger partial charge >= 0.3 is 0 Å². The van der Waals surface area contributed by atoms with E-state index in [4.69, 9.17) is 26.8 Å². The molecule has 0 saturated heterocycles. The molecule has 3 aromatic rings. The Bertz CT molecular complexity index is 1140. The SMILES string of the molecule is C=CCn1c([C@H]2COc3ccccc3O2)nn(C[NH+]2CCc3ccccc3C2)c1=S. The zero-order valence-corrected chi connectivity index (χ0v) is 17.6. The summed E-state index contributed by atoms with van der Waals surface area (Å²) in [5.74, 6) is 2.28. The monoisotopic (exact) mass is 421 g/mol. The second kappa shape index (κ2) is 8.08. The second-order valence-corrected chi connectivity index (χ2v) is 8.12. The normalized spacial score (nSPS) is 19.9. The van der Waals surface area contributed by atoms with E-state index in [2.05, 4.69) is 30.8 Å². The molecule has 0 radical (unpaired) electrons. The quantitative estimate of drug-likeness (QED) is 0.508. The Labute approximate surface area is 181 Å². The van der Waals surface area contributed by atoms with Gasteiger partial charge in [-0.2, -0.15) is 4.68 Å². The summed E-state index contributed by atoms with van der Waals surface area (Å²) in [6.45, 7) is 7.67. The summed E-state index contributed by atoms with van der Waals surface area (Å²) in [6.07, 6.45) is 2.61. The molecule has 0 spiro atoms. The lowest BCUT2D eigenvalue weighted by molar-refractivity contribution is -0.939. The predicted molar refractivity (Wildman–Crippen MR) is 116 cm³/mol. The third kappa shape index (κ3) is 3.55. The molecule has 1 unspecified atom stereocenters. The van der Waals surface area contributed by atoms with Crippen LogP contribution in [0.2, 0.25) is 0 Å². The molecule has 2 aliphatic heterocycles. The van der Waals surface area contributed by atoms with Crippen molar-refractivity contribution >= 4 is 12.2 Å². The van der Waals surface area contributed by atoms with E-state index in [0.717, 1.165) is 43.5 Å². The van der Waals surface area contributed by atoms with Crippen molar-refractivity contribution in [1.29, 1.82) is 0 Å². The Morgan fingerprint density at radius 2 is 1.90 bits per heavy atom. The summed E-state index contributed by atoms with van der Waals surface area (Å²) in [7, 11) is 0. The van der Waals surface area contributed by atoms with Crippen LogP contribution >= 0.6 is 12.2 Å². The van der Waals surface area contributed by atoms with Crippen LogP contribution in [0.1, 0.15) is 23.1 Å². The lowest BCUT2D eigenvalue weighted by Crippen LogP contribution is -3.11. The highest BCUT2D eigenvalue weighted by atomic mass is 32.1. The van der Waals surface area contributed by atoms with Crippen LogP contribution in [0.15, 0.2) is 61.2 Å². The van der Waals surface area contributed by atoms with E-state index in [1.165, 1.54) is 16.0 Å². The van der Waals surface area contributed by atoms with Crippen molar-refractivity contribution < 1.29 is 14.4 Å². The fourth-order valence-corrected chi connectivity index (χ4v) is 4.51. The maximum Gasteiger partial charge on any atom is 0.203 e. The van der Waals surface area contributed by atoms with Crippen molar-refractivity contribution in [1.82, 2.24) is 14.3 Å². The standard InChI is InChI=1S/C23H24N4O2S/c1-2-12-26-22(21-15-28-19-9-5-6-10-20(19)29-21)24-27(23(26)30)16-25-13-11-17-7-3-4-8-18(17)14-25/h2-10,21H,1,11-16H2/p+1/t21-/m1/s1. The molecule has 6 nitrogen and oxygen atoms in total. The molecule has 0 bridgehead atoms. The molecule has 1 aromatic heterocycles. The molecule has 0 saturated carbocycles. The molecule has 2 aliphatic rings. The fourth-order valence-electron chi connectivity index (χ4n) is 4.24. The van der Waals surface area contributed by atoms with Crippen molar-refractivity contribution in [3.05, 3.63) is 82.9 Å². The minimum atomic E-state index is -0.306. The van der Waals surface area contributed by atoms with Gasteiger partial charge in [0.25, 0.3) is 0 Å². The number of nitrogens with zero attached hydrogens (tertiary/aromatic N) is 3. The lowest BCUT2D eigenvalue weighted by atomic mass is 10.0. The Balaban J connectivity index is 1.41. The molecule has 2 atom stereocenters. The molecule has 1 N–H and O–H groups in total. The largest absolute Gasteiger partial charge is 0.485 e. The fraction of sp³-hybridized carbons (Fsp3) is 0.304. The van der Waals surface area contributed by atoms with Crippen molar-refractivity contribution in [3.8, 4) is 11.5 Å². The Hall–Kier alpha value is -2.90. The van der Waals surface area contributed by atoms with Crippen LogP contribution < -0.4 is 14.4 Å². The van der Waals surface area contributed by atoms with Gasteiger partial charge in [0.05, 0.1) is 6.54 Å². The number of allylic oxidation sites excluding steroid dienone is 1. The number of aromatic nitrogens is 3. The van der Waals surface area contributed by atoms with Gasteiger partial charge in [-0.15, -0.1) is 11.7 Å². The van der Waals surface area contributed by atoms with Crippen LogP contribution in [0, 0.1) is 4.77 Å². The summed E-state index contributed by atoms with van der Waals surface area (Å²) in [6, 6.07) is 16.4. The lowest BCUT2D eigenvalue weighted by Gasteiger charge is -2.26. The molecule has 3 heterocycles. The number of fused-ring (bicyclic) bond motifs is 2. The first-order chi connectivity index (χ1) is 14.7. The molecule has 0 aliphatic carbocycles. The molecule has 0 fully saturated rings. The number of rotatable bonds is 5. The van der Waals surface area contributed by atoms with E-state index in [1.54, 1.807) is 0 Å². The third-order valence-electron chi connectivity index (χ3n) is 5.74. The van der Waals surface area contributed by atoms with Crippen molar-refractivity contribution in [2.75, 3.05) is 13.2 Å². The first kappa shape index (κ1) is 19.1.